The van der Waals surface area contributed by atoms with E-state index in [9.17, 15) is 10.5 Å². The Morgan fingerprint density at radius 3 is 2.67 bits per heavy atom. The van der Waals surface area contributed by atoms with Crippen molar-refractivity contribution in [3.63, 3.8) is 0 Å². The summed E-state index contributed by atoms with van der Waals surface area (Å²) in [6.45, 7) is 7.59. The number of allylic oxidation sites excluding steroid dienone is 1. The second-order valence-electron chi connectivity index (χ2n) is 7.27. The van der Waals surface area contributed by atoms with Crippen LogP contribution in [-0.4, -0.2) is 14.5 Å². The Balaban J connectivity index is 1.84. The number of benzene rings is 1. The summed E-state index contributed by atoms with van der Waals surface area (Å²) in [6, 6.07) is 11.8. The average molecular weight is 396 g/mol. The zero-order valence-corrected chi connectivity index (χ0v) is 17.2. The third-order valence-corrected chi connectivity index (χ3v) is 5.33. The van der Waals surface area contributed by atoms with Gasteiger partial charge in [0.1, 0.15) is 29.3 Å². The van der Waals surface area contributed by atoms with Crippen molar-refractivity contribution in [2.75, 3.05) is 5.73 Å². The first kappa shape index (κ1) is 19.1. The van der Waals surface area contributed by atoms with Crippen molar-refractivity contribution in [3.05, 3.63) is 63.9 Å². The van der Waals surface area contributed by atoms with Crippen molar-refractivity contribution in [2.45, 2.75) is 27.7 Å². The maximum absolute atomic E-state index is 9.76. The summed E-state index contributed by atoms with van der Waals surface area (Å²) in [7, 11) is 0. The minimum Gasteiger partial charge on any atom is -0.443 e. The van der Waals surface area contributed by atoms with E-state index >= 15 is 0 Å². The molecule has 148 valence electrons. The van der Waals surface area contributed by atoms with E-state index in [1.54, 1.807) is 18.2 Å². The molecule has 4 aromatic rings. The Bertz CT molecular complexity index is 1410. The lowest BCUT2D eigenvalue weighted by Gasteiger charge is -2.06. The van der Waals surface area contributed by atoms with Crippen LogP contribution in [0, 0.1) is 50.4 Å². The Hall–Kier alpha value is -4.23. The van der Waals surface area contributed by atoms with Gasteiger partial charge in [-0.25, -0.2) is 4.98 Å². The number of furan rings is 1. The van der Waals surface area contributed by atoms with Crippen LogP contribution in [0.3, 0.4) is 0 Å². The van der Waals surface area contributed by atoms with Crippen LogP contribution < -0.4 is 5.73 Å². The van der Waals surface area contributed by atoms with Gasteiger partial charge in [0, 0.05) is 22.6 Å². The number of aryl methyl sites for hydroxylation is 2. The predicted molar refractivity (Wildman–Crippen MR) is 116 cm³/mol. The number of nitrogens with zero attached hydrogens (tertiary/aromatic N) is 4. The van der Waals surface area contributed by atoms with E-state index in [2.05, 4.69) is 22.1 Å². The molecule has 3 heterocycles. The molecule has 7 nitrogen and oxygen atoms in total. The normalized spacial score (nSPS) is 11.6. The Labute approximate surface area is 173 Å². The van der Waals surface area contributed by atoms with Crippen molar-refractivity contribution in [1.29, 1.82) is 10.5 Å². The molecular formula is C23H20N6O. The summed E-state index contributed by atoms with van der Waals surface area (Å²) in [6.07, 6.45) is 1.79. The maximum Gasteiger partial charge on any atom is 0.222 e. The first-order valence-electron chi connectivity index (χ1n) is 9.40. The molecule has 3 N–H and O–H groups in total. The number of fused-ring (bicyclic) bond motifs is 1. The molecule has 0 spiro atoms. The summed E-state index contributed by atoms with van der Waals surface area (Å²) in [5.74, 6) is 1.69. The summed E-state index contributed by atoms with van der Waals surface area (Å²) in [4.78, 5) is 7.67. The molecule has 0 fully saturated rings. The van der Waals surface area contributed by atoms with E-state index in [1.165, 1.54) is 0 Å². The largest absolute Gasteiger partial charge is 0.443 e. The topological polar surface area (TPSA) is 120 Å². The molecule has 30 heavy (non-hydrogen) atoms. The van der Waals surface area contributed by atoms with E-state index in [4.69, 9.17) is 10.2 Å². The number of nitriles is 2. The fourth-order valence-electron chi connectivity index (χ4n) is 3.61. The molecule has 0 aliphatic carbocycles. The zero-order valence-electron chi connectivity index (χ0n) is 17.2. The highest BCUT2D eigenvalue weighted by Crippen LogP contribution is 2.30. The summed E-state index contributed by atoms with van der Waals surface area (Å²) < 4.78 is 7.79. The molecule has 3 aromatic heterocycles. The van der Waals surface area contributed by atoms with Crippen LogP contribution in [0.15, 0.2) is 28.7 Å². The number of rotatable bonds is 3. The second-order valence-corrected chi connectivity index (χ2v) is 7.27. The lowest BCUT2D eigenvalue weighted by atomic mass is 10.1. The van der Waals surface area contributed by atoms with Crippen molar-refractivity contribution < 1.29 is 4.42 Å². The molecule has 0 saturated carbocycles. The lowest BCUT2D eigenvalue weighted by Crippen LogP contribution is -2.00. The third-order valence-electron chi connectivity index (χ3n) is 5.33. The monoisotopic (exact) mass is 396 g/mol. The number of hydrogen-bond acceptors (Lipinski definition) is 5. The van der Waals surface area contributed by atoms with Gasteiger partial charge >= 0.3 is 0 Å². The minimum absolute atomic E-state index is 0.400. The number of nitrogen functional groups attached to an aromatic ring is 1. The number of H-pyrrole nitrogens is 1. The molecule has 1 aromatic carbocycles. The summed E-state index contributed by atoms with van der Waals surface area (Å²) in [5, 5.41) is 19.3. The smallest absolute Gasteiger partial charge is 0.222 e. The quantitative estimate of drug-likeness (QED) is 0.384. The van der Waals surface area contributed by atoms with Gasteiger partial charge in [-0.15, -0.1) is 0 Å². The SMILES string of the molecule is Cc1oc(-n2c(C)cc(/C=C(\C#N)c3nc4ccc(N)cc4[nH]3)c2C)c(C#N)c1C. The molecule has 4 rings (SSSR count). The second kappa shape index (κ2) is 6.98. The molecule has 7 heteroatoms. The predicted octanol–water partition coefficient (Wildman–Crippen LogP) is 4.70. The highest BCUT2D eigenvalue weighted by molar-refractivity contribution is 5.91. The minimum atomic E-state index is 0.400. The number of hydrogen-bond donors (Lipinski definition) is 2. The van der Waals surface area contributed by atoms with E-state index < -0.39 is 0 Å². The van der Waals surface area contributed by atoms with Crippen molar-refractivity contribution >= 4 is 28.4 Å². The van der Waals surface area contributed by atoms with Crippen molar-refractivity contribution in [2.24, 2.45) is 0 Å². The van der Waals surface area contributed by atoms with Crippen LogP contribution >= 0.6 is 0 Å². The van der Waals surface area contributed by atoms with Gasteiger partial charge in [0.05, 0.1) is 16.6 Å². The first-order chi connectivity index (χ1) is 14.3. The molecule has 0 saturated heterocycles. The molecule has 0 aliphatic heterocycles. The van der Waals surface area contributed by atoms with Crippen LogP contribution in [0.4, 0.5) is 5.69 Å². The molecule has 0 amide bonds. The van der Waals surface area contributed by atoms with E-state index in [0.29, 0.717) is 34.3 Å². The average Bonchev–Trinajstić information content (AvgIpc) is 3.33. The van der Waals surface area contributed by atoms with Crippen molar-refractivity contribution in [3.8, 4) is 18.0 Å². The van der Waals surface area contributed by atoms with Crippen LogP contribution in [0.2, 0.25) is 0 Å². The fourth-order valence-corrected chi connectivity index (χ4v) is 3.61. The van der Waals surface area contributed by atoms with Crippen LogP contribution in [-0.2, 0) is 0 Å². The fraction of sp³-hybridized carbons (Fsp3) is 0.174. The van der Waals surface area contributed by atoms with Gasteiger partial charge in [-0.05, 0) is 63.6 Å². The highest BCUT2D eigenvalue weighted by atomic mass is 16.4. The number of nitrogens with one attached hydrogen (secondary N) is 1. The van der Waals surface area contributed by atoms with Gasteiger partial charge in [-0.2, -0.15) is 10.5 Å². The Kier molecular flexibility index (Phi) is 4.45. The zero-order chi connectivity index (χ0) is 21.6. The number of imidazole rings is 1. The van der Waals surface area contributed by atoms with Crippen LogP contribution in [0.25, 0.3) is 28.6 Å². The first-order valence-corrected chi connectivity index (χ1v) is 9.40. The highest BCUT2D eigenvalue weighted by Gasteiger charge is 2.20. The number of nitrogens with two attached hydrogens (primary N) is 1. The maximum atomic E-state index is 9.76. The van der Waals surface area contributed by atoms with E-state index in [0.717, 1.165) is 33.5 Å². The van der Waals surface area contributed by atoms with Gasteiger partial charge in [0.15, 0.2) is 0 Å². The van der Waals surface area contributed by atoms with Gasteiger partial charge < -0.3 is 15.1 Å². The molecule has 0 unspecified atom stereocenters. The van der Waals surface area contributed by atoms with Gasteiger partial charge in [-0.3, -0.25) is 4.57 Å². The molecule has 0 radical (unpaired) electrons. The number of anilines is 1. The summed E-state index contributed by atoms with van der Waals surface area (Å²) >= 11 is 0. The number of aromatic nitrogens is 3. The summed E-state index contributed by atoms with van der Waals surface area (Å²) in [5.41, 5.74) is 12.3. The molecular weight excluding hydrogens is 376 g/mol. The molecule has 0 aliphatic rings. The van der Waals surface area contributed by atoms with Gasteiger partial charge in [0.25, 0.3) is 0 Å². The Morgan fingerprint density at radius 2 is 1.97 bits per heavy atom. The van der Waals surface area contributed by atoms with Gasteiger partial charge in [0.2, 0.25) is 5.88 Å². The van der Waals surface area contributed by atoms with Crippen LogP contribution in [0.1, 0.15) is 39.7 Å². The number of aromatic amines is 1. The third kappa shape index (κ3) is 2.94. The van der Waals surface area contributed by atoms with Gasteiger partial charge in [-0.1, -0.05) is 0 Å². The standard InChI is InChI=1S/C23H20N6O/c1-12-7-16(14(3)29(12)23-19(11-25)13(2)15(4)30-23)8-17(10-24)22-27-20-6-5-18(26)9-21(20)28-22/h5-9H,26H2,1-4H3,(H,27,28)/b17-8+. The van der Waals surface area contributed by atoms with Crippen LogP contribution in [0.5, 0.6) is 0 Å². The van der Waals surface area contributed by atoms with E-state index in [-0.39, 0.29) is 0 Å². The Morgan fingerprint density at radius 1 is 1.20 bits per heavy atom. The van der Waals surface area contributed by atoms with Crippen molar-refractivity contribution in [1.82, 2.24) is 14.5 Å². The lowest BCUT2D eigenvalue weighted by molar-refractivity contribution is 0.503. The molecule has 0 bridgehead atoms. The van der Waals surface area contributed by atoms with E-state index in [1.807, 2.05) is 44.4 Å². The molecule has 0 atom stereocenters.